The monoisotopic (exact) mass is 765 g/mol. The number of carbonyl (C=O) groups is 5. The first-order valence-electron chi connectivity index (χ1n) is 21.5. The molecule has 11 nitrogen and oxygen atoms in total. The molecular weight excluding hydrogens is 697 g/mol. The second kappa shape index (κ2) is 19.0. The Morgan fingerprint density at radius 1 is 0.491 bits per heavy atom. The predicted molar refractivity (Wildman–Crippen MR) is 212 cm³/mol. The maximum Gasteiger partial charge on any atom is 0.408 e. The van der Waals surface area contributed by atoms with E-state index in [2.05, 4.69) is 21.3 Å². The molecule has 4 amide bonds. The lowest BCUT2D eigenvalue weighted by atomic mass is 9.81. The summed E-state index contributed by atoms with van der Waals surface area (Å²) in [6.45, 7) is 5.60. The van der Waals surface area contributed by atoms with E-state index in [-0.39, 0.29) is 24.3 Å². The van der Waals surface area contributed by atoms with Crippen LogP contribution in [-0.4, -0.2) is 57.5 Å². The first-order chi connectivity index (χ1) is 26.3. The number of hydrogen-bond acceptors (Lipinski definition) is 7. The molecule has 4 saturated carbocycles. The molecule has 0 radical (unpaired) electrons. The van der Waals surface area contributed by atoms with Crippen LogP contribution in [0.25, 0.3) is 0 Å². The van der Waals surface area contributed by atoms with Gasteiger partial charge in [-0.2, -0.15) is 0 Å². The smallest absolute Gasteiger partial charge is 0.408 e. The van der Waals surface area contributed by atoms with Crippen molar-refractivity contribution < 1.29 is 33.4 Å². The lowest BCUT2D eigenvalue weighted by molar-refractivity contribution is -0.166. The molecule has 306 valence electrons. The molecular formula is C44H68N4O7. The third-order valence-electron chi connectivity index (χ3n) is 12.5. The van der Waals surface area contributed by atoms with Crippen molar-refractivity contribution in [3.05, 3.63) is 35.9 Å². The van der Waals surface area contributed by atoms with Crippen molar-refractivity contribution in [2.75, 3.05) is 0 Å². The summed E-state index contributed by atoms with van der Waals surface area (Å²) in [4.78, 5) is 72.0. The number of amides is 4. The second-order valence-corrected chi connectivity index (χ2v) is 18.0. The van der Waals surface area contributed by atoms with Gasteiger partial charge < -0.3 is 30.7 Å². The summed E-state index contributed by atoms with van der Waals surface area (Å²) in [6.07, 6.45) is 16.6. The Labute approximate surface area is 329 Å². The number of nitrogens with one attached hydrogen (secondary N) is 4. The molecule has 4 N–H and O–H groups in total. The molecule has 0 bridgehead atoms. The number of hydrogen-bond donors (Lipinski definition) is 4. The fourth-order valence-corrected chi connectivity index (χ4v) is 9.28. The third kappa shape index (κ3) is 11.2. The zero-order valence-electron chi connectivity index (χ0n) is 33.9. The summed E-state index contributed by atoms with van der Waals surface area (Å²) < 4.78 is 11.6. The number of rotatable bonds is 10. The Kier molecular flexibility index (Phi) is 14.7. The number of carbonyl (C=O) groups excluding carboxylic acids is 5. The van der Waals surface area contributed by atoms with Crippen LogP contribution in [0.2, 0.25) is 0 Å². The molecule has 0 heterocycles. The number of esters is 1. The molecule has 0 aromatic heterocycles. The molecule has 11 heteroatoms. The highest BCUT2D eigenvalue weighted by Crippen LogP contribution is 2.36. The van der Waals surface area contributed by atoms with Gasteiger partial charge in [0.1, 0.15) is 34.4 Å². The molecule has 4 fully saturated rings. The zero-order valence-corrected chi connectivity index (χ0v) is 33.9. The van der Waals surface area contributed by atoms with Crippen LogP contribution < -0.4 is 21.3 Å². The van der Waals surface area contributed by atoms with E-state index in [4.69, 9.17) is 9.47 Å². The van der Waals surface area contributed by atoms with Crippen molar-refractivity contribution in [1.82, 2.24) is 21.3 Å². The molecule has 55 heavy (non-hydrogen) atoms. The standard InChI is InChI=1S/C44H68N4O7/c1-40(2,3)55-38(52)44(31-21-10-11-22-32-44)47-36(50)42(27-17-6-7-18-28-42)45-35(49)41(25-15-4-5-16-26-41)46-37(51)43(29-19-8-9-20-30-43)48-39(53)54-33-34-23-13-12-14-24-34/h12-14,23-24H,4-11,15-22,25-33H2,1-3H3,(H,45,49)(H,46,51)(H,47,50)(H,48,53). The second-order valence-electron chi connectivity index (χ2n) is 18.0. The van der Waals surface area contributed by atoms with E-state index in [0.29, 0.717) is 51.4 Å². The summed E-state index contributed by atoms with van der Waals surface area (Å²) >= 11 is 0. The van der Waals surface area contributed by atoms with E-state index < -0.39 is 39.8 Å². The summed E-state index contributed by atoms with van der Waals surface area (Å²) in [6, 6.07) is 9.42. The minimum Gasteiger partial charge on any atom is -0.458 e. The highest BCUT2D eigenvalue weighted by molar-refractivity contribution is 6.00. The normalized spacial score (nSPS) is 22.5. The maximum atomic E-state index is 15.1. The first kappa shape index (κ1) is 42.5. The summed E-state index contributed by atoms with van der Waals surface area (Å²) in [5.41, 5.74) is -4.81. The van der Waals surface area contributed by atoms with Crippen molar-refractivity contribution in [3.63, 3.8) is 0 Å². The van der Waals surface area contributed by atoms with E-state index in [9.17, 15) is 19.2 Å². The van der Waals surface area contributed by atoms with Crippen LogP contribution in [0.1, 0.15) is 180 Å². The van der Waals surface area contributed by atoms with Crippen LogP contribution in [0.3, 0.4) is 0 Å². The quantitative estimate of drug-likeness (QED) is 0.139. The molecule has 1 aromatic rings. The van der Waals surface area contributed by atoms with Crippen LogP contribution in [0.15, 0.2) is 30.3 Å². The average molecular weight is 765 g/mol. The lowest BCUT2D eigenvalue weighted by Gasteiger charge is -2.43. The van der Waals surface area contributed by atoms with Gasteiger partial charge in [0, 0.05) is 0 Å². The van der Waals surface area contributed by atoms with Crippen LogP contribution in [0.4, 0.5) is 4.79 Å². The van der Waals surface area contributed by atoms with Crippen molar-refractivity contribution in [3.8, 4) is 0 Å². The van der Waals surface area contributed by atoms with Gasteiger partial charge in [-0.3, -0.25) is 14.4 Å². The summed E-state index contributed by atoms with van der Waals surface area (Å²) in [7, 11) is 0. The molecule has 4 aliphatic carbocycles. The van der Waals surface area contributed by atoms with Gasteiger partial charge in [-0.25, -0.2) is 9.59 Å². The molecule has 4 aliphatic rings. The Bertz CT molecular complexity index is 1440. The number of alkyl carbamates (subject to hydrolysis) is 1. The van der Waals surface area contributed by atoms with E-state index in [1.807, 2.05) is 51.1 Å². The first-order valence-corrected chi connectivity index (χ1v) is 21.5. The average Bonchev–Trinajstić information content (AvgIpc) is 3.73. The van der Waals surface area contributed by atoms with Gasteiger partial charge in [0.05, 0.1) is 0 Å². The minimum atomic E-state index is -1.27. The maximum absolute atomic E-state index is 15.1. The van der Waals surface area contributed by atoms with Crippen molar-refractivity contribution in [1.29, 1.82) is 0 Å². The minimum absolute atomic E-state index is 0.0794. The highest BCUT2D eigenvalue weighted by Gasteiger charge is 2.52. The van der Waals surface area contributed by atoms with E-state index in [1.54, 1.807) is 0 Å². The van der Waals surface area contributed by atoms with Crippen LogP contribution in [-0.2, 0) is 35.3 Å². The van der Waals surface area contributed by atoms with Crippen molar-refractivity contribution in [2.24, 2.45) is 0 Å². The molecule has 0 atom stereocenters. The molecule has 1 aromatic carbocycles. The molecule has 0 saturated heterocycles. The third-order valence-corrected chi connectivity index (χ3v) is 12.5. The lowest BCUT2D eigenvalue weighted by Crippen LogP contribution is -2.71. The molecule has 0 aliphatic heterocycles. The fourth-order valence-electron chi connectivity index (χ4n) is 9.28. The zero-order chi connectivity index (χ0) is 39.4. The summed E-state index contributed by atoms with van der Waals surface area (Å²) in [5, 5.41) is 12.8. The topological polar surface area (TPSA) is 152 Å². The van der Waals surface area contributed by atoms with E-state index >= 15 is 4.79 Å². The van der Waals surface area contributed by atoms with Crippen LogP contribution in [0, 0.1) is 0 Å². The summed E-state index contributed by atoms with van der Waals surface area (Å²) in [5.74, 6) is -1.48. The van der Waals surface area contributed by atoms with Crippen LogP contribution in [0.5, 0.6) is 0 Å². The van der Waals surface area contributed by atoms with Gasteiger partial charge in [0.2, 0.25) is 17.7 Å². The van der Waals surface area contributed by atoms with Gasteiger partial charge in [0.25, 0.3) is 0 Å². The Hall–Kier alpha value is -3.63. The van der Waals surface area contributed by atoms with Gasteiger partial charge in [0.15, 0.2) is 0 Å². The van der Waals surface area contributed by atoms with Gasteiger partial charge >= 0.3 is 12.1 Å². The highest BCUT2D eigenvalue weighted by atomic mass is 16.6. The van der Waals surface area contributed by atoms with E-state index in [1.165, 1.54) is 0 Å². The number of ether oxygens (including phenoxy) is 2. The number of benzene rings is 1. The Morgan fingerprint density at radius 3 is 1.18 bits per heavy atom. The van der Waals surface area contributed by atoms with Gasteiger partial charge in [-0.05, 0) is 77.7 Å². The fraction of sp³-hybridized carbons (Fsp3) is 0.750. The Morgan fingerprint density at radius 2 is 0.818 bits per heavy atom. The molecule has 5 rings (SSSR count). The van der Waals surface area contributed by atoms with Crippen molar-refractivity contribution in [2.45, 2.75) is 209 Å². The molecule has 0 spiro atoms. The molecule has 0 unspecified atom stereocenters. The van der Waals surface area contributed by atoms with Gasteiger partial charge in [-0.1, -0.05) is 133 Å². The van der Waals surface area contributed by atoms with Crippen LogP contribution >= 0.6 is 0 Å². The SMILES string of the molecule is CC(C)(C)OC(=O)C1(NC(=O)C2(NC(=O)C3(NC(=O)C4(NC(=O)OCc5ccccc5)CCCCCC4)CCCCCC3)CCCCCC2)CCCCCC1. The Balaban J connectivity index is 1.42. The van der Waals surface area contributed by atoms with Gasteiger partial charge in [-0.15, -0.1) is 0 Å². The predicted octanol–water partition coefficient (Wildman–Crippen LogP) is 7.98. The van der Waals surface area contributed by atoms with Crippen molar-refractivity contribution >= 4 is 29.8 Å². The largest absolute Gasteiger partial charge is 0.458 e. The van der Waals surface area contributed by atoms with E-state index in [0.717, 1.165) is 108 Å².